The molecule has 20 heavy (non-hydrogen) atoms. The Morgan fingerprint density at radius 1 is 1.20 bits per heavy atom. The normalized spacial score (nSPS) is 11.9. The highest BCUT2D eigenvalue weighted by molar-refractivity contribution is 14.1. The third kappa shape index (κ3) is 2.17. The molecule has 0 atom stereocenters. The molecule has 7 heteroatoms. The van der Waals surface area contributed by atoms with Crippen LogP contribution < -0.4 is 0 Å². The summed E-state index contributed by atoms with van der Waals surface area (Å²) in [7, 11) is -3.60. The van der Waals surface area contributed by atoms with Crippen LogP contribution in [0.1, 0.15) is 0 Å². The summed E-state index contributed by atoms with van der Waals surface area (Å²) >= 11 is 5.41. The molecule has 0 spiro atoms. The summed E-state index contributed by atoms with van der Waals surface area (Å²) in [4.78, 5) is 7.69. The minimum atomic E-state index is -3.60. The Bertz CT molecular complexity index is 891. The summed E-state index contributed by atoms with van der Waals surface area (Å²) in [6.45, 7) is 0. The lowest BCUT2D eigenvalue weighted by atomic mass is 10.3. The molecule has 3 rings (SSSR count). The smallest absolute Gasteiger partial charge is 0.208 e. The third-order valence-corrected chi connectivity index (χ3v) is 6.45. The number of fused-ring (bicyclic) bond motifs is 1. The van der Waals surface area contributed by atoms with Crippen molar-refractivity contribution in [3.05, 3.63) is 50.8 Å². The lowest BCUT2D eigenvalue weighted by Gasteiger charge is -2.08. The number of nitrogens with zero attached hydrogens (tertiary/aromatic N) is 1. The maximum absolute atomic E-state index is 12.8. The van der Waals surface area contributed by atoms with Crippen molar-refractivity contribution in [3.8, 4) is 0 Å². The first kappa shape index (κ1) is 14.0. The average Bonchev–Trinajstić information content (AvgIpc) is 2.81. The Balaban J connectivity index is 2.40. The first-order chi connectivity index (χ1) is 9.51. The number of hydrogen-bond donors (Lipinski definition) is 1. The molecule has 0 bridgehead atoms. The van der Waals surface area contributed by atoms with Gasteiger partial charge < -0.3 is 4.98 Å². The van der Waals surface area contributed by atoms with Crippen molar-refractivity contribution in [2.45, 2.75) is 9.79 Å². The van der Waals surface area contributed by atoms with Gasteiger partial charge in [-0.25, -0.2) is 13.4 Å². The van der Waals surface area contributed by atoms with Crippen molar-refractivity contribution in [1.29, 1.82) is 0 Å². The molecule has 3 aromatic rings. The van der Waals surface area contributed by atoms with Crippen LogP contribution in [0.15, 0.2) is 57.0 Å². The van der Waals surface area contributed by atoms with E-state index in [2.05, 4.69) is 48.5 Å². The molecule has 2 heterocycles. The standard InChI is InChI=1S/C13H8BrIN2O2S/c14-9-6-16-13-11(10(15)7-17-13)12(9)20(18,19)8-4-2-1-3-5-8/h1-7H,(H,16,17). The number of aromatic amines is 1. The highest BCUT2D eigenvalue weighted by atomic mass is 127. The number of nitrogens with one attached hydrogen (secondary N) is 1. The van der Waals surface area contributed by atoms with Crippen molar-refractivity contribution in [2.24, 2.45) is 0 Å². The van der Waals surface area contributed by atoms with E-state index in [1.54, 1.807) is 36.5 Å². The average molecular weight is 463 g/mol. The van der Waals surface area contributed by atoms with Crippen LogP contribution in [0.5, 0.6) is 0 Å². The van der Waals surface area contributed by atoms with Gasteiger partial charge in [0.2, 0.25) is 9.84 Å². The molecule has 1 N–H and O–H groups in total. The zero-order valence-electron chi connectivity index (χ0n) is 9.97. The van der Waals surface area contributed by atoms with Crippen LogP contribution in [-0.2, 0) is 9.84 Å². The van der Waals surface area contributed by atoms with Gasteiger partial charge in [-0.1, -0.05) is 18.2 Å². The zero-order chi connectivity index (χ0) is 14.3. The van der Waals surface area contributed by atoms with Gasteiger partial charge in [0.15, 0.2) is 0 Å². The van der Waals surface area contributed by atoms with Crippen LogP contribution in [0.25, 0.3) is 11.0 Å². The van der Waals surface area contributed by atoms with E-state index in [1.807, 2.05) is 0 Å². The molecular weight excluding hydrogens is 455 g/mol. The van der Waals surface area contributed by atoms with E-state index >= 15 is 0 Å². The molecule has 4 nitrogen and oxygen atoms in total. The predicted octanol–water partition coefficient (Wildman–Crippen LogP) is 3.76. The van der Waals surface area contributed by atoms with E-state index in [1.165, 1.54) is 6.20 Å². The monoisotopic (exact) mass is 462 g/mol. The van der Waals surface area contributed by atoms with Crippen LogP contribution in [0, 0.1) is 3.57 Å². The number of halogens is 2. The zero-order valence-corrected chi connectivity index (χ0v) is 14.5. The fourth-order valence-electron chi connectivity index (χ4n) is 1.99. The summed E-state index contributed by atoms with van der Waals surface area (Å²) < 4.78 is 27.0. The number of benzene rings is 1. The molecule has 0 fully saturated rings. The third-order valence-electron chi connectivity index (χ3n) is 2.88. The Morgan fingerprint density at radius 2 is 1.90 bits per heavy atom. The van der Waals surface area contributed by atoms with Gasteiger partial charge in [-0.05, 0) is 50.7 Å². The molecule has 1 aromatic carbocycles. The van der Waals surface area contributed by atoms with Crippen molar-refractivity contribution in [1.82, 2.24) is 9.97 Å². The highest BCUT2D eigenvalue weighted by Gasteiger charge is 2.25. The fraction of sp³-hybridized carbons (Fsp3) is 0. The molecule has 2 aromatic heterocycles. The largest absolute Gasteiger partial charge is 0.345 e. The van der Waals surface area contributed by atoms with E-state index in [9.17, 15) is 8.42 Å². The molecule has 0 aliphatic carbocycles. The lowest BCUT2D eigenvalue weighted by molar-refractivity contribution is 0.596. The number of hydrogen-bond acceptors (Lipinski definition) is 3. The second-order valence-corrected chi connectivity index (χ2v) is 8.02. The number of rotatable bonds is 2. The molecule has 0 unspecified atom stereocenters. The first-order valence-corrected chi connectivity index (χ1v) is 8.98. The van der Waals surface area contributed by atoms with Gasteiger partial charge in [-0.2, -0.15) is 0 Å². The molecule has 102 valence electrons. The Labute approximate surface area is 137 Å². The van der Waals surface area contributed by atoms with Crippen LogP contribution in [0.4, 0.5) is 0 Å². The van der Waals surface area contributed by atoms with E-state index in [-0.39, 0.29) is 9.79 Å². The number of sulfone groups is 1. The van der Waals surface area contributed by atoms with Gasteiger partial charge in [0.1, 0.15) is 5.65 Å². The van der Waals surface area contributed by atoms with Crippen molar-refractivity contribution < 1.29 is 8.42 Å². The fourth-order valence-corrected chi connectivity index (χ4v) is 5.33. The quantitative estimate of drug-likeness (QED) is 0.590. The molecule has 0 saturated carbocycles. The van der Waals surface area contributed by atoms with E-state index in [0.717, 1.165) is 3.57 Å². The highest BCUT2D eigenvalue weighted by Crippen LogP contribution is 2.35. The van der Waals surface area contributed by atoms with Crippen LogP contribution in [0.2, 0.25) is 0 Å². The van der Waals surface area contributed by atoms with Gasteiger partial charge in [-0.3, -0.25) is 0 Å². The predicted molar refractivity (Wildman–Crippen MR) is 88.4 cm³/mol. The molecule has 0 aliphatic heterocycles. The summed E-state index contributed by atoms with van der Waals surface area (Å²) in [6, 6.07) is 8.39. The second-order valence-electron chi connectivity index (χ2n) is 4.11. The van der Waals surface area contributed by atoms with E-state index in [0.29, 0.717) is 15.5 Å². The van der Waals surface area contributed by atoms with Crippen LogP contribution in [-0.4, -0.2) is 18.4 Å². The maximum Gasteiger partial charge on any atom is 0.208 e. The number of aromatic nitrogens is 2. The van der Waals surface area contributed by atoms with Gasteiger partial charge in [0.05, 0.1) is 19.6 Å². The minimum Gasteiger partial charge on any atom is -0.345 e. The summed E-state index contributed by atoms with van der Waals surface area (Å²) in [6.07, 6.45) is 3.25. The molecule has 0 saturated heterocycles. The van der Waals surface area contributed by atoms with Crippen molar-refractivity contribution >= 4 is 59.4 Å². The molecule has 0 aliphatic rings. The van der Waals surface area contributed by atoms with Gasteiger partial charge >= 0.3 is 0 Å². The maximum atomic E-state index is 12.8. The van der Waals surface area contributed by atoms with E-state index < -0.39 is 9.84 Å². The number of H-pyrrole nitrogens is 1. The summed E-state index contributed by atoms with van der Waals surface area (Å²) in [5.41, 5.74) is 0.562. The van der Waals surface area contributed by atoms with Gasteiger partial charge in [0, 0.05) is 16.0 Å². The summed E-state index contributed by atoms with van der Waals surface area (Å²) in [5.74, 6) is 0. The van der Waals surface area contributed by atoms with Crippen molar-refractivity contribution in [3.63, 3.8) is 0 Å². The Hall–Kier alpha value is -0.930. The van der Waals surface area contributed by atoms with Crippen molar-refractivity contribution in [2.75, 3.05) is 0 Å². The first-order valence-electron chi connectivity index (χ1n) is 5.63. The van der Waals surface area contributed by atoms with Gasteiger partial charge in [-0.15, -0.1) is 0 Å². The SMILES string of the molecule is O=S(=O)(c1ccccc1)c1c(Br)cnc2[nH]cc(I)c12. The second kappa shape index (κ2) is 5.12. The topological polar surface area (TPSA) is 62.8 Å². The summed E-state index contributed by atoms with van der Waals surface area (Å²) in [5, 5.41) is 0.615. The molecular formula is C13H8BrIN2O2S. The van der Waals surface area contributed by atoms with E-state index in [4.69, 9.17) is 0 Å². The Morgan fingerprint density at radius 3 is 2.60 bits per heavy atom. The van der Waals surface area contributed by atoms with Crippen LogP contribution in [0.3, 0.4) is 0 Å². The molecule has 0 amide bonds. The molecule has 0 radical (unpaired) electrons. The minimum absolute atomic E-state index is 0.249. The van der Waals surface area contributed by atoms with Crippen LogP contribution >= 0.6 is 38.5 Å². The van der Waals surface area contributed by atoms with Gasteiger partial charge in [0.25, 0.3) is 0 Å². The number of pyridine rings is 1. The Kier molecular flexibility index (Phi) is 3.59. The lowest BCUT2D eigenvalue weighted by Crippen LogP contribution is -2.04.